The van der Waals surface area contributed by atoms with Gasteiger partial charge in [0.1, 0.15) is 0 Å². The maximum absolute atomic E-state index is 12.8. The third-order valence-electron chi connectivity index (χ3n) is 4.98. The average Bonchev–Trinajstić information content (AvgIpc) is 2.91. The third kappa shape index (κ3) is 3.06. The van der Waals surface area contributed by atoms with Crippen LogP contribution in [0.4, 0.5) is 0 Å². The SMILES string of the molecule is Cc1ccc(C(=O)N[C@H](c2cnn(C)c2)C2(CO)CCC2)c(Cl)c1. The summed E-state index contributed by atoms with van der Waals surface area (Å²) in [5.41, 5.74) is 2.04. The van der Waals surface area contributed by atoms with Crippen molar-refractivity contribution >= 4 is 17.5 Å². The van der Waals surface area contributed by atoms with Gasteiger partial charge in [0.25, 0.3) is 5.91 Å². The van der Waals surface area contributed by atoms with Crippen molar-refractivity contribution in [2.75, 3.05) is 6.61 Å². The predicted octanol–water partition coefficient (Wildman–Crippen LogP) is 3.02. The molecule has 1 amide bonds. The highest BCUT2D eigenvalue weighted by Gasteiger charge is 2.45. The van der Waals surface area contributed by atoms with Gasteiger partial charge in [-0.25, -0.2) is 0 Å². The summed E-state index contributed by atoms with van der Waals surface area (Å²) in [6, 6.07) is 5.10. The molecule has 0 radical (unpaired) electrons. The van der Waals surface area contributed by atoms with Crippen LogP contribution in [0.5, 0.6) is 0 Å². The van der Waals surface area contributed by atoms with E-state index >= 15 is 0 Å². The fourth-order valence-corrected chi connectivity index (χ4v) is 3.68. The van der Waals surface area contributed by atoms with Crippen molar-refractivity contribution in [1.82, 2.24) is 15.1 Å². The summed E-state index contributed by atoms with van der Waals surface area (Å²) in [4.78, 5) is 12.8. The molecule has 0 bridgehead atoms. The molecular formula is C18H22ClN3O2. The number of aliphatic hydroxyl groups excluding tert-OH is 1. The molecule has 0 unspecified atom stereocenters. The Morgan fingerprint density at radius 1 is 1.50 bits per heavy atom. The van der Waals surface area contributed by atoms with Gasteiger partial charge in [-0.2, -0.15) is 5.10 Å². The number of benzene rings is 1. The molecule has 128 valence electrons. The Hall–Kier alpha value is -1.85. The van der Waals surface area contributed by atoms with Gasteiger partial charge in [0.15, 0.2) is 0 Å². The lowest BCUT2D eigenvalue weighted by molar-refractivity contribution is 0.00598. The summed E-state index contributed by atoms with van der Waals surface area (Å²) in [6.45, 7) is 1.97. The predicted molar refractivity (Wildman–Crippen MR) is 93.0 cm³/mol. The van der Waals surface area contributed by atoms with Gasteiger partial charge in [-0.1, -0.05) is 24.1 Å². The molecular weight excluding hydrogens is 326 g/mol. The van der Waals surface area contributed by atoms with E-state index in [0.29, 0.717) is 10.6 Å². The number of halogens is 1. The van der Waals surface area contributed by atoms with Gasteiger partial charge in [0.05, 0.1) is 29.4 Å². The molecule has 1 aliphatic rings. The van der Waals surface area contributed by atoms with E-state index < -0.39 is 0 Å². The molecule has 1 fully saturated rings. The van der Waals surface area contributed by atoms with Crippen molar-refractivity contribution in [1.29, 1.82) is 0 Å². The number of aromatic nitrogens is 2. The Morgan fingerprint density at radius 2 is 2.25 bits per heavy atom. The Morgan fingerprint density at radius 3 is 2.75 bits per heavy atom. The molecule has 5 nitrogen and oxygen atoms in total. The average molecular weight is 348 g/mol. The van der Waals surface area contributed by atoms with E-state index in [4.69, 9.17) is 11.6 Å². The summed E-state index contributed by atoms with van der Waals surface area (Å²) in [6.07, 6.45) is 6.45. The number of aliphatic hydroxyl groups is 1. The van der Waals surface area contributed by atoms with Gasteiger partial charge in [-0.15, -0.1) is 0 Å². The van der Waals surface area contributed by atoms with E-state index in [1.165, 1.54) is 0 Å². The van der Waals surface area contributed by atoms with Gasteiger partial charge in [0, 0.05) is 24.2 Å². The zero-order valence-corrected chi connectivity index (χ0v) is 14.7. The Kier molecular flexibility index (Phi) is 4.65. The Bertz CT molecular complexity index is 747. The first-order chi connectivity index (χ1) is 11.4. The summed E-state index contributed by atoms with van der Waals surface area (Å²) in [5.74, 6) is -0.228. The molecule has 24 heavy (non-hydrogen) atoms. The largest absolute Gasteiger partial charge is 0.396 e. The molecule has 1 atom stereocenters. The highest BCUT2D eigenvalue weighted by molar-refractivity contribution is 6.33. The number of carbonyl (C=O) groups is 1. The van der Waals surface area contributed by atoms with Crippen LogP contribution in [0.25, 0.3) is 0 Å². The molecule has 0 spiro atoms. The highest BCUT2D eigenvalue weighted by Crippen LogP contribution is 2.50. The first-order valence-corrected chi connectivity index (χ1v) is 8.49. The molecule has 3 rings (SSSR count). The Balaban J connectivity index is 1.90. The second-order valence-corrected chi connectivity index (χ2v) is 7.12. The molecule has 6 heteroatoms. The molecule has 1 saturated carbocycles. The minimum atomic E-state index is -0.324. The van der Waals surface area contributed by atoms with Crippen LogP contribution in [0.3, 0.4) is 0 Å². The van der Waals surface area contributed by atoms with Crippen LogP contribution in [0.15, 0.2) is 30.6 Å². The van der Waals surface area contributed by atoms with E-state index in [2.05, 4.69) is 10.4 Å². The van der Waals surface area contributed by atoms with Crippen LogP contribution in [-0.4, -0.2) is 27.4 Å². The summed E-state index contributed by atoms with van der Waals surface area (Å²) >= 11 is 6.23. The van der Waals surface area contributed by atoms with Crippen molar-refractivity contribution in [2.24, 2.45) is 12.5 Å². The van der Waals surface area contributed by atoms with Crippen LogP contribution < -0.4 is 5.32 Å². The molecule has 2 aromatic rings. The smallest absolute Gasteiger partial charge is 0.253 e. The third-order valence-corrected chi connectivity index (χ3v) is 5.29. The minimum absolute atomic E-state index is 0.0362. The summed E-state index contributed by atoms with van der Waals surface area (Å²) in [5, 5.41) is 17.7. The number of nitrogens with zero attached hydrogens (tertiary/aromatic N) is 2. The lowest BCUT2D eigenvalue weighted by Gasteiger charge is -2.46. The second kappa shape index (κ2) is 6.57. The van der Waals surface area contributed by atoms with Crippen molar-refractivity contribution in [3.8, 4) is 0 Å². The maximum atomic E-state index is 12.8. The van der Waals surface area contributed by atoms with Crippen molar-refractivity contribution in [3.05, 3.63) is 52.3 Å². The molecule has 0 saturated heterocycles. The van der Waals surface area contributed by atoms with Gasteiger partial charge in [-0.3, -0.25) is 9.48 Å². The van der Waals surface area contributed by atoms with Crippen molar-refractivity contribution < 1.29 is 9.90 Å². The number of aryl methyl sites for hydroxylation is 2. The molecule has 1 heterocycles. The standard InChI is InChI=1S/C18H22ClN3O2/c1-12-4-5-14(15(19)8-12)17(24)21-16(13-9-20-22(2)10-13)18(11-23)6-3-7-18/h4-5,8-10,16,23H,3,6-7,11H2,1-2H3,(H,21,24)/t16-/m1/s1. The molecule has 1 aromatic carbocycles. The zero-order valence-electron chi connectivity index (χ0n) is 13.9. The van der Waals surface area contributed by atoms with Gasteiger partial charge >= 0.3 is 0 Å². The quantitative estimate of drug-likeness (QED) is 0.873. The van der Waals surface area contributed by atoms with E-state index in [1.807, 2.05) is 26.2 Å². The fraction of sp³-hybridized carbons (Fsp3) is 0.444. The Labute approximate surface area is 146 Å². The van der Waals surface area contributed by atoms with Crippen LogP contribution in [0, 0.1) is 12.3 Å². The first kappa shape index (κ1) is 17.0. The van der Waals surface area contributed by atoms with Gasteiger partial charge in [-0.05, 0) is 37.5 Å². The van der Waals surface area contributed by atoms with Crippen LogP contribution in [-0.2, 0) is 7.05 Å². The van der Waals surface area contributed by atoms with E-state index in [1.54, 1.807) is 23.0 Å². The number of carbonyl (C=O) groups excluding carboxylic acids is 1. The lowest BCUT2D eigenvalue weighted by atomic mass is 9.63. The topological polar surface area (TPSA) is 67.2 Å². The number of hydrogen-bond donors (Lipinski definition) is 2. The second-order valence-electron chi connectivity index (χ2n) is 6.71. The van der Waals surface area contributed by atoms with Gasteiger partial charge in [0.2, 0.25) is 0 Å². The van der Waals surface area contributed by atoms with E-state index in [-0.39, 0.29) is 24.0 Å². The van der Waals surface area contributed by atoms with E-state index in [0.717, 1.165) is 30.4 Å². The number of hydrogen-bond acceptors (Lipinski definition) is 3. The summed E-state index contributed by atoms with van der Waals surface area (Å²) in [7, 11) is 1.84. The number of rotatable bonds is 5. The van der Waals surface area contributed by atoms with Crippen molar-refractivity contribution in [2.45, 2.75) is 32.2 Å². The zero-order chi connectivity index (χ0) is 17.3. The molecule has 0 aliphatic heterocycles. The normalized spacial score (nSPS) is 17.2. The lowest BCUT2D eigenvalue weighted by Crippen LogP contribution is -2.47. The molecule has 2 N–H and O–H groups in total. The van der Waals surface area contributed by atoms with Crippen LogP contribution in [0.1, 0.15) is 46.8 Å². The number of amides is 1. The van der Waals surface area contributed by atoms with Crippen molar-refractivity contribution in [3.63, 3.8) is 0 Å². The fourth-order valence-electron chi connectivity index (χ4n) is 3.36. The van der Waals surface area contributed by atoms with Crippen LogP contribution >= 0.6 is 11.6 Å². The van der Waals surface area contributed by atoms with Gasteiger partial charge < -0.3 is 10.4 Å². The first-order valence-electron chi connectivity index (χ1n) is 8.12. The minimum Gasteiger partial charge on any atom is -0.396 e. The van der Waals surface area contributed by atoms with Crippen LogP contribution in [0.2, 0.25) is 5.02 Å². The maximum Gasteiger partial charge on any atom is 0.253 e. The van der Waals surface area contributed by atoms with E-state index in [9.17, 15) is 9.90 Å². The number of nitrogens with one attached hydrogen (secondary N) is 1. The monoisotopic (exact) mass is 347 g/mol. The molecule has 1 aromatic heterocycles. The summed E-state index contributed by atoms with van der Waals surface area (Å²) < 4.78 is 1.71. The highest BCUT2D eigenvalue weighted by atomic mass is 35.5. The molecule has 1 aliphatic carbocycles.